The predicted molar refractivity (Wildman–Crippen MR) is 20.1 cm³/mol. The molecule has 28 valence electrons. The fourth-order valence-corrected chi connectivity index (χ4v) is 0. The third kappa shape index (κ3) is 29.2. The van der Waals surface area contributed by atoms with Gasteiger partial charge in [-0.15, -0.1) is 0 Å². The van der Waals surface area contributed by atoms with E-state index in [1.807, 2.05) is 0 Å². The summed E-state index contributed by atoms with van der Waals surface area (Å²) in [5, 5.41) is 0. The van der Waals surface area contributed by atoms with Crippen LogP contribution in [0.1, 0.15) is 0 Å². The second-order valence-electron chi connectivity index (χ2n) is 0.238. The average Bonchev–Trinajstić information content (AvgIpc) is 0.811. The molecule has 0 spiro atoms. The molecule has 1 N–H and O–H groups in total. The number of rotatable bonds is 0. The van der Waals surface area contributed by atoms with Gasteiger partial charge in [-0.1, -0.05) is 0 Å². The molecule has 0 unspecified atom stereocenters. The molecular weight excluding hydrogens is 119 g/mol. The van der Waals surface area contributed by atoms with Gasteiger partial charge >= 0.3 is 51.4 Å². The van der Waals surface area contributed by atoms with Gasteiger partial charge in [0.25, 0.3) is 11.0 Å². The van der Waals surface area contributed by atoms with Gasteiger partial charge in [-0.3, -0.25) is 4.55 Å². The summed E-state index contributed by atoms with van der Waals surface area (Å²) >= 11 is 0. The molecule has 0 saturated heterocycles. The Bertz CT molecular complexity index is 55.3. The number of thiol groups is 1. The number of hydrogen-bond donors (Lipinski definition) is 2. The summed E-state index contributed by atoms with van der Waals surface area (Å²) in [6.45, 7) is 0. The molecule has 0 aromatic rings. The third-order valence-corrected chi connectivity index (χ3v) is 0. The van der Waals surface area contributed by atoms with Crippen molar-refractivity contribution in [3.63, 3.8) is 0 Å². The van der Waals surface area contributed by atoms with Gasteiger partial charge in [-0.05, 0) is 0 Å². The van der Waals surface area contributed by atoms with Crippen LogP contribution in [0.5, 0.6) is 0 Å². The summed E-state index contributed by atoms with van der Waals surface area (Å²) in [4.78, 5) is 0. The van der Waals surface area contributed by atoms with Crippen LogP contribution in [-0.4, -0.2) is 64.4 Å². The van der Waals surface area contributed by atoms with Crippen LogP contribution in [0.2, 0.25) is 0 Å². The zero-order valence-corrected chi connectivity index (χ0v) is 2.61. The van der Waals surface area contributed by atoms with Gasteiger partial charge < -0.3 is 0 Å². The third-order valence-electron chi connectivity index (χ3n) is 0. The van der Waals surface area contributed by atoms with Crippen LogP contribution in [0.15, 0.2) is 0 Å². The van der Waals surface area contributed by atoms with Gasteiger partial charge in [0, 0.05) is 0 Å². The van der Waals surface area contributed by atoms with Crippen LogP contribution in [0, 0.1) is 0 Å². The van der Waals surface area contributed by atoms with Crippen molar-refractivity contribution >= 4 is 62.4 Å². The van der Waals surface area contributed by atoms with Crippen LogP contribution in [0.3, 0.4) is 0 Å². The molecule has 0 bridgehead atoms. The van der Waals surface area contributed by atoms with Crippen molar-refractivity contribution in [2.24, 2.45) is 0 Å². The summed E-state index contributed by atoms with van der Waals surface area (Å²) in [5.41, 5.74) is 0. The van der Waals surface area contributed by atoms with Gasteiger partial charge in [0.15, 0.2) is 0 Å². The van der Waals surface area contributed by atoms with E-state index in [0.29, 0.717) is 0 Å². The van der Waals surface area contributed by atoms with E-state index in [0.717, 1.165) is 0 Å². The molecule has 0 fully saturated rings. The van der Waals surface area contributed by atoms with Crippen molar-refractivity contribution < 1.29 is 13.0 Å². The maximum absolute atomic E-state index is 8.59. The van der Waals surface area contributed by atoms with E-state index >= 15 is 0 Å². The molecule has 0 aliphatic heterocycles. The molecule has 0 saturated carbocycles. The van der Waals surface area contributed by atoms with Crippen LogP contribution < -0.4 is 0 Å². The van der Waals surface area contributed by atoms with E-state index in [1.165, 1.54) is 0 Å². The summed E-state index contributed by atoms with van der Waals surface area (Å²) in [7, 11) is -3.12. The van der Waals surface area contributed by atoms with Gasteiger partial charge in [0.05, 0.1) is 0 Å². The Morgan fingerprint density at radius 2 is 1.40 bits per heavy atom. The molecule has 0 aromatic heterocycles. The summed E-state index contributed by atoms with van der Waals surface area (Å²) in [6.07, 6.45) is 0. The molecule has 0 aliphatic rings. The van der Waals surface area contributed by atoms with E-state index in [-0.39, 0.29) is 51.4 Å². The Hall–Kier alpha value is 1.55. The molecule has 5 heavy (non-hydrogen) atoms. The molecule has 0 rings (SSSR count). The van der Waals surface area contributed by atoms with Crippen LogP contribution in [0.25, 0.3) is 0 Å². The Morgan fingerprint density at radius 3 is 1.40 bits per heavy atom. The Labute approximate surface area is 74.0 Å². The fourth-order valence-electron chi connectivity index (χ4n) is 0. The van der Waals surface area contributed by atoms with E-state index in [2.05, 4.69) is 0 Å². The Kier molecular flexibility index (Phi) is 10.8. The SMILES string of the molecule is O=[SH](=O)O.[KH]. The van der Waals surface area contributed by atoms with Crippen molar-refractivity contribution in [2.75, 3.05) is 0 Å². The first-order valence-electron chi connectivity index (χ1n) is 0.565. The van der Waals surface area contributed by atoms with Gasteiger partial charge in [-0.25, -0.2) is 8.42 Å². The monoisotopic (exact) mass is 122 g/mol. The van der Waals surface area contributed by atoms with E-state index in [9.17, 15) is 0 Å². The molecule has 0 aliphatic carbocycles. The van der Waals surface area contributed by atoms with Gasteiger partial charge in [0.2, 0.25) is 0 Å². The van der Waals surface area contributed by atoms with Gasteiger partial charge in [-0.2, -0.15) is 0 Å². The van der Waals surface area contributed by atoms with Crippen molar-refractivity contribution in [1.29, 1.82) is 0 Å². The maximum atomic E-state index is 8.59. The number of hydrogen-bond acceptors (Lipinski definition) is 2. The minimum absolute atomic E-state index is 0. The van der Waals surface area contributed by atoms with E-state index < -0.39 is 11.0 Å². The summed E-state index contributed by atoms with van der Waals surface area (Å²) in [5.74, 6) is 0. The van der Waals surface area contributed by atoms with E-state index in [1.54, 1.807) is 0 Å². The minimum atomic E-state index is -3.12. The van der Waals surface area contributed by atoms with Crippen LogP contribution in [0.4, 0.5) is 0 Å². The molecule has 0 heterocycles. The first-order valence-corrected chi connectivity index (χ1v) is 1.70. The van der Waals surface area contributed by atoms with Crippen molar-refractivity contribution in [2.45, 2.75) is 0 Å². The molecule has 0 radical (unpaired) electrons. The summed E-state index contributed by atoms with van der Waals surface area (Å²) in [6, 6.07) is 0. The summed E-state index contributed by atoms with van der Waals surface area (Å²) < 4.78 is 24.2. The quantitative estimate of drug-likeness (QED) is 0.232. The van der Waals surface area contributed by atoms with Crippen LogP contribution >= 0.6 is 0 Å². The van der Waals surface area contributed by atoms with Crippen LogP contribution in [-0.2, 0) is 11.0 Å². The molecule has 3 nitrogen and oxygen atoms in total. The van der Waals surface area contributed by atoms with Gasteiger partial charge in [0.1, 0.15) is 0 Å². The van der Waals surface area contributed by atoms with E-state index in [4.69, 9.17) is 13.0 Å². The van der Waals surface area contributed by atoms with Crippen molar-refractivity contribution in [3.8, 4) is 0 Å². The molecule has 0 amide bonds. The van der Waals surface area contributed by atoms with Crippen molar-refractivity contribution in [3.05, 3.63) is 0 Å². The second kappa shape index (κ2) is 5.55. The Morgan fingerprint density at radius 1 is 1.40 bits per heavy atom. The zero-order chi connectivity index (χ0) is 3.58. The second-order valence-corrected chi connectivity index (χ2v) is 0.714. The standard InChI is InChI=1S/K.H2O3S.H/c;1-4(2)3;/h;4H,(H,1,2,3);. The predicted octanol–water partition coefficient (Wildman–Crippen LogP) is -1.58. The first kappa shape index (κ1) is 9.74. The Balaban J connectivity index is 0. The zero-order valence-electron chi connectivity index (χ0n) is 1.71. The molecule has 0 atom stereocenters. The average molecular weight is 122 g/mol. The first-order chi connectivity index (χ1) is 1.73. The molecular formula is H3KO3S. The molecule has 0 aromatic carbocycles. The molecule has 5 heteroatoms. The topological polar surface area (TPSA) is 54.4 Å². The normalized spacial score (nSPS) is 6.80. The fraction of sp³-hybridized carbons (Fsp3) is 0. The van der Waals surface area contributed by atoms with Crippen molar-refractivity contribution in [1.82, 2.24) is 0 Å².